The molecule has 0 fully saturated rings. The van der Waals surface area contributed by atoms with Crippen molar-refractivity contribution < 1.29 is 19.4 Å². The van der Waals surface area contributed by atoms with Crippen LogP contribution in [0.3, 0.4) is 0 Å². The van der Waals surface area contributed by atoms with Gasteiger partial charge >= 0.3 is 12.1 Å². The van der Waals surface area contributed by atoms with Gasteiger partial charge in [0.25, 0.3) is 0 Å². The molecule has 0 unspecified atom stereocenters. The Morgan fingerprint density at radius 1 is 1.28 bits per heavy atom. The molecule has 98 valence electrons. The number of alkyl carbamates (subject to hydrolysis) is 1. The zero-order valence-corrected chi connectivity index (χ0v) is 10.4. The first-order valence-electron chi connectivity index (χ1n) is 5.71. The van der Waals surface area contributed by atoms with E-state index in [1.807, 2.05) is 13.8 Å². The largest absolute Gasteiger partial charge is 0.479 e. The Morgan fingerprint density at radius 3 is 2.39 bits per heavy atom. The van der Waals surface area contributed by atoms with E-state index in [2.05, 4.69) is 5.32 Å². The van der Waals surface area contributed by atoms with Crippen molar-refractivity contribution in [3.05, 3.63) is 35.9 Å². The number of hydrogen-bond donors (Lipinski definition) is 2. The summed E-state index contributed by atoms with van der Waals surface area (Å²) in [5.74, 6) is -0.918. The highest BCUT2D eigenvalue weighted by Crippen LogP contribution is 2.12. The lowest BCUT2D eigenvalue weighted by Gasteiger charge is -2.15. The lowest BCUT2D eigenvalue weighted by atomic mass is 10.1. The first-order chi connectivity index (χ1) is 8.50. The summed E-state index contributed by atoms with van der Waals surface area (Å²) in [5.41, 5.74) is 0.506. The fourth-order valence-corrected chi connectivity index (χ4v) is 1.34. The molecule has 0 aliphatic heterocycles. The fourth-order valence-electron chi connectivity index (χ4n) is 1.34. The molecule has 0 bridgehead atoms. The predicted octanol–water partition coefficient (Wildman–Crippen LogP) is 2.19. The van der Waals surface area contributed by atoms with Gasteiger partial charge in [-0.3, -0.25) is 0 Å². The lowest BCUT2D eigenvalue weighted by molar-refractivity contribution is -0.139. The molecule has 5 heteroatoms. The van der Waals surface area contributed by atoms with Gasteiger partial charge in [-0.1, -0.05) is 44.2 Å². The number of carbonyl (C=O) groups is 2. The summed E-state index contributed by atoms with van der Waals surface area (Å²) in [7, 11) is 0. The van der Waals surface area contributed by atoms with Crippen LogP contribution in [0.4, 0.5) is 4.79 Å². The SMILES string of the molecule is CC(C)COC(=O)N[C@H](C(=O)O)c1ccccc1. The zero-order chi connectivity index (χ0) is 13.5. The van der Waals surface area contributed by atoms with Crippen LogP contribution in [-0.4, -0.2) is 23.8 Å². The van der Waals surface area contributed by atoms with E-state index < -0.39 is 18.1 Å². The second-order valence-corrected chi connectivity index (χ2v) is 4.32. The van der Waals surface area contributed by atoms with Gasteiger partial charge in [-0.25, -0.2) is 9.59 Å². The van der Waals surface area contributed by atoms with Gasteiger partial charge in [0.2, 0.25) is 0 Å². The van der Waals surface area contributed by atoms with E-state index in [1.54, 1.807) is 30.3 Å². The second-order valence-electron chi connectivity index (χ2n) is 4.32. The molecule has 1 rings (SSSR count). The van der Waals surface area contributed by atoms with Gasteiger partial charge in [0, 0.05) is 0 Å². The minimum atomic E-state index is -1.12. The van der Waals surface area contributed by atoms with E-state index in [4.69, 9.17) is 9.84 Å². The summed E-state index contributed by atoms with van der Waals surface area (Å²) in [5, 5.41) is 11.4. The number of ether oxygens (including phenoxy) is 1. The highest BCUT2D eigenvalue weighted by molar-refractivity contribution is 5.81. The molecule has 2 N–H and O–H groups in total. The quantitative estimate of drug-likeness (QED) is 0.841. The van der Waals surface area contributed by atoms with Crippen molar-refractivity contribution in [3.63, 3.8) is 0 Å². The van der Waals surface area contributed by atoms with Crippen LogP contribution < -0.4 is 5.32 Å². The normalized spacial score (nSPS) is 11.9. The van der Waals surface area contributed by atoms with Gasteiger partial charge in [-0.05, 0) is 11.5 Å². The number of hydrogen-bond acceptors (Lipinski definition) is 3. The standard InChI is InChI=1S/C13H17NO4/c1-9(2)8-18-13(17)14-11(12(15)16)10-6-4-3-5-7-10/h3-7,9,11H,8H2,1-2H3,(H,14,17)(H,15,16)/t11-/m0/s1. The molecule has 1 amide bonds. The molecule has 0 spiro atoms. The average molecular weight is 251 g/mol. The Balaban J connectivity index is 2.65. The third-order valence-corrected chi connectivity index (χ3v) is 2.19. The Bertz CT molecular complexity index is 403. The van der Waals surface area contributed by atoms with E-state index in [1.165, 1.54) is 0 Å². The van der Waals surface area contributed by atoms with E-state index in [-0.39, 0.29) is 12.5 Å². The molecule has 18 heavy (non-hydrogen) atoms. The number of amides is 1. The number of nitrogens with one attached hydrogen (secondary N) is 1. The second kappa shape index (κ2) is 6.64. The first kappa shape index (κ1) is 14.0. The zero-order valence-electron chi connectivity index (χ0n) is 10.4. The average Bonchev–Trinajstić information content (AvgIpc) is 2.34. The van der Waals surface area contributed by atoms with Gasteiger partial charge in [-0.15, -0.1) is 0 Å². The monoisotopic (exact) mass is 251 g/mol. The fraction of sp³-hybridized carbons (Fsp3) is 0.385. The summed E-state index contributed by atoms with van der Waals surface area (Å²) in [6, 6.07) is 7.40. The van der Waals surface area contributed by atoms with E-state index in [0.717, 1.165) is 0 Å². The molecular weight excluding hydrogens is 234 g/mol. The van der Waals surface area contributed by atoms with Crippen LogP contribution in [-0.2, 0) is 9.53 Å². The number of rotatable bonds is 5. The smallest absolute Gasteiger partial charge is 0.408 e. The maximum atomic E-state index is 11.4. The summed E-state index contributed by atoms with van der Waals surface area (Å²) >= 11 is 0. The van der Waals surface area contributed by atoms with Crippen LogP contribution in [0.1, 0.15) is 25.5 Å². The molecule has 0 saturated carbocycles. The number of carboxylic acids is 1. The van der Waals surface area contributed by atoms with Crippen LogP contribution >= 0.6 is 0 Å². The van der Waals surface area contributed by atoms with Gasteiger partial charge in [0.1, 0.15) is 0 Å². The summed E-state index contributed by atoms with van der Waals surface area (Å²) in [4.78, 5) is 22.5. The minimum Gasteiger partial charge on any atom is -0.479 e. The molecule has 0 aliphatic carbocycles. The van der Waals surface area contributed by atoms with Crippen molar-refractivity contribution in [3.8, 4) is 0 Å². The Kier molecular flexibility index (Phi) is 5.17. The Labute approximate surface area is 106 Å². The molecule has 1 atom stereocenters. The summed E-state index contributed by atoms with van der Waals surface area (Å²) < 4.78 is 4.89. The maximum absolute atomic E-state index is 11.4. The molecule has 0 aromatic heterocycles. The van der Waals surface area contributed by atoms with Crippen molar-refractivity contribution >= 4 is 12.1 Å². The van der Waals surface area contributed by atoms with Crippen molar-refractivity contribution in [2.24, 2.45) is 5.92 Å². The van der Waals surface area contributed by atoms with Crippen LogP contribution in [0.5, 0.6) is 0 Å². The maximum Gasteiger partial charge on any atom is 0.408 e. The molecule has 0 heterocycles. The lowest BCUT2D eigenvalue weighted by Crippen LogP contribution is -2.34. The molecular formula is C13H17NO4. The molecule has 1 aromatic rings. The van der Waals surface area contributed by atoms with Crippen LogP contribution in [0, 0.1) is 5.92 Å². The van der Waals surface area contributed by atoms with E-state index in [0.29, 0.717) is 5.56 Å². The van der Waals surface area contributed by atoms with Crippen molar-refractivity contribution in [1.29, 1.82) is 0 Å². The van der Waals surface area contributed by atoms with Crippen LogP contribution in [0.15, 0.2) is 30.3 Å². The highest BCUT2D eigenvalue weighted by atomic mass is 16.5. The highest BCUT2D eigenvalue weighted by Gasteiger charge is 2.22. The topological polar surface area (TPSA) is 75.6 Å². The predicted molar refractivity (Wildman–Crippen MR) is 66.1 cm³/mol. The Hall–Kier alpha value is -2.04. The van der Waals surface area contributed by atoms with Gasteiger partial charge in [-0.2, -0.15) is 0 Å². The first-order valence-corrected chi connectivity index (χ1v) is 5.71. The van der Waals surface area contributed by atoms with Crippen LogP contribution in [0.2, 0.25) is 0 Å². The molecule has 1 aromatic carbocycles. The van der Waals surface area contributed by atoms with Crippen molar-refractivity contribution in [2.75, 3.05) is 6.61 Å². The third kappa shape index (κ3) is 4.45. The summed E-state index contributed by atoms with van der Waals surface area (Å²) in [6.45, 7) is 4.06. The molecule has 0 saturated heterocycles. The summed E-state index contributed by atoms with van der Waals surface area (Å²) in [6.07, 6.45) is -0.722. The van der Waals surface area contributed by atoms with E-state index >= 15 is 0 Å². The molecule has 0 aliphatic rings. The number of carbonyl (C=O) groups excluding carboxylic acids is 1. The third-order valence-electron chi connectivity index (χ3n) is 2.19. The Morgan fingerprint density at radius 2 is 1.89 bits per heavy atom. The van der Waals surface area contributed by atoms with E-state index in [9.17, 15) is 9.59 Å². The van der Waals surface area contributed by atoms with Gasteiger partial charge in [0.05, 0.1) is 6.61 Å². The van der Waals surface area contributed by atoms with Gasteiger partial charge in [0.15, 0.2) is 6.04 Å². The number of carboxylic acid groups (broad SMARTS) is 1. The minimum absolute atomic E-state index is 0.204. The molecule has 5 nitrogen and oxygen atoms in total. The van der Waals surface area contributed by atoms with Gasteiger partial charge < -0.3 is 15.2 Å². The van der Waals surface area contributed by atoms with Crippen molar-refractivity contribution in [2.45, 2.75) is 19.9 Å². The van der Waals surface area contributed by atoms with Crippen molar-refractivity contribution in [1.82, 2.24) is 5.32 Å². The molecule has 0 radical (unpaired) electrons. The van der Waals surface area contributed by atoms with Crippen LogP contribution in [0.25, 0.3) is 0 Å². The number of aliphatic carboxylic acids is 1. The number of benzene rings is 1.